The Bertz CT molecular complexity index is 281. The first-order valence-corrected chi connectivity index (χ1v) is 3.68. The van der Waals surface area contributed by atoms with Crippen LogP contribution in [0.4, 0.5) is 0 Å². The molecule has 1 aromatic rings. The monoisotopic (exact) mass is 168 g/mol. The van der Waals surface area contributed by atoms with Crippen molar-refractivity contribution in [2.75, 3.05) is 6.54 Å². The molecule has 0 spiro atoms. The van der Waals surface area contributed by atoms with Gasteiger partial charge in [-0.25, -0.2) is 0 Å². The molecule has 0 saturated heterocycles. The van der Waals surface area contributed by atoms with Gasteiger partial charge >= 0.3 is 0 Å². The Kier molecular flexibility index (Phi) is 2.62. The van der Waals surface area contributed by atoms with E-state index in [4.69, 9.17) is 5.73 Å². The number of carbonyl (C=O) groups is 1. The summed E-state index contributed by atoms with van der Waals surface area (Å²) in [6.07, 6.45) is 1.71. The molecule has 4 heteroatoms. The van der Waals surface area contributed by atoms with Crippen molar-refractivity contribution in [2.45, 2.75) is 6.10 Å². The van der Waals surface area contributed by atoms with E-state index in [1.807, 2.05) is 0 Å². The maximum absolute atomic E-state index is 10.4. The molecular formula is C8H12N2O2. The fourth-order valence-electron chi connectivity index (χ4n) is 1.12. The molecular weight excluding hydrogens is 156 g/mol. The van der Waals surface area contributed by atoms with Crippen molar-refractivity contribution in [1.82, 2.24) is 4.57 Å². The lowest BCUT2D eigenvalue weighted by Gasteiger charge is -2.07. The van der Waals surface area contributed by atoms with Crippen molar-refractivity contribution in [3.8, 4) is 0 Å². The molecule has 1 unspecified atom stereocenters. The number of nitrogens with zero attached hydrogens (tertiary/aromatic N) is 1. The van der Waals surface area contributed by atoms with E-state index in [1.54, 1.807) is 23.9 Å². The molecule has 1 atom stereocenters. The lowest BCUT2D eigenvalue weighted by molar-refractivity contribution is 0.112. The van der Waals surface area contributed by atoms with Gasteiger partial charge < -0.3 is 15.4 Å². The second-order valence-electron chi connectivity index (χ2n) is 2.68. The van der Waals surface area contributed by atoms with E-state index in [-0.39, 0.29) is 6.54 Å². The van der Waals surface area contributed by atoms with Gasteiger partial charge in [0.15, 0.2) is 6.29 Å². The molecule has 0 bridgehead atoms. The first kappa shape index (κ1) is 8.96. The molecule has 3 N–H and O–H groups in total. The Labute approximate surface area is 70.6 Å². The molecule has 0 aliphatic heterocycles. The van der Waals surface area contributed by atoms with E-state index >= 15 is 0 Å². The number of aliphatic hydroxyl groups excluding tert-OH is 1. The summed E-state index contributed by atoms with van der Waals surface area (Å²) >= 11 is 0. The van der Waals surface area contributed by atoms with Gasteiger partial charge in [0.1, 0.15) is 6.10 Å². The van der Waals surface area contributed by atoms with Crippen LogP contribution >= 0.6 is 0 Å². The number of rotatable bonds is 3. The number of hydrogen-bond donors (Lipinski definition) is 2. The van der Waals surface area contributed by atoms with E-state index in [9.17, 15) is 9.90 Å². The zero-order valence-corrected chi connectivity index (χ0v) is 6.90. The van der Waals surface area contributed by atoms with Crippen LogP contribution in [0, 0.1) is 0 Å². The quantitative estimate of drug-likeness (QED) is 0.616. The van der Waals surface area contributed by atoms with Crippen LogP contribution in [-0.2, 0) is 7.05 Å². The van der Waals surface area contributed by atoms with Crippen molar-refractivity contribution in [3.63, 3.8) is 0 Å². The van der Waals surface area contributed by atoms with Crippen LogP contribution in [0.15, 0.2) is 12.3 Å². The second kappa shape index (κ2) is 3.51. The second-order valence-corrected chi connectivity index (χ2v) is 2.68. The van der Waals surface area contributed by atoms with E-state index in [0.717, 1.165) is 6.29 Å². The molecule has 0 aromatic carbocycles. The third kappa shape index (κ3) is 1.54. The Morgan fingerprint density at radius 3 is 2.92 bits per heavy atom. The molecule has 4 nitrogen and oxygen atoms in total. The third-order valence-electron chi connectivity index (χ3n) is 1.77. The molecule has 0 fully saturated rings. The number of carbonyl (C=O) groups excluding carboxylic acids is 1. The number of aromatic nitrogens is 1. The number of hydrogen-bond acceptors (Lipinski definition) is 3. The molecule has 12 heavy (non-hydrogen) atoms. The zero-order chi connectivity index (χ0) is 9.14. The summed E-state index contributed by atoms with van der Waals surface area (Å²) in [4.78, 5) is 10.4. The van der Waals surface area contributed by atoms with Crippen LogP contribution in [0.1, 0.15) is 22.2 Å². The van der Waals surface area contributed by atoms with Crippen LogP contribution in [0.5, 0.6) is 0 Å². The molecule has 1 rings (SSSR count). The molecule has 0 saturated carbocycles. The summed E-state index contributed by atoms with van der Waals surface area (Å²) in [6, 6.07) is 1.63. The first-order chi connectivity index (χ1) is 5.69. The van der Waals surface area contributed by atoms with E-state index in [1.165, 1.54) is 0 Å². The van der Waals surface area contributed by atoms with Crippen molar-refractivity contribution >= 4 is 6.29 Å². The predicted octanol–water partition coefficient (Wildman–Crippen LogP) is -0.170. The molecule has 0 radical (unpaired) electrons. The summed E-state index contributed by atoms with van der Waals surface area (Å²) in [7, 11) is 1.77. The number of nitrogens with two attached hydrogens (primary N) is 1. The standard InChI is InChI=1S/C8H12N2O2/c1-10-4-6(5-11)2-7(10)8(12)3-9/h2,4-5,8,12H,3,9H2,1H3. The topological polar surface area (TPSA) is 68.2 Å². The Hall–Kier alpha value is -1.13. The summed E-state index contributed by atoms with van der Waals surface area (Å²) in [6.45, 7) is 0.163. The highest BCUT2D eigenvalue weighted by atomic mass is 16.3. The van der Waals surface area contributed by atoms with E-state index < -0.39 is 6.10 Å². The predicted molar refractivity (Wildman–Crippen MR) is 44.8 cm³/mol. The number of aldehydes is 1. The lowest BCUT2D eigenvalue weighted by Crippen LogP contribution is -2.14. The summed E-state index contributed by atoms with van der Waals surface area (Å²) < 4.78 is 1.70. The van der Waals surface area contributed by atoms with Crippen molar-refractivity contribution in [3.05, 3.63) is 23.5 Å². The zero-order valence-electron chi connectivity index (χ0n) is 6.90. The maximum Gasteiger partial charge on any atom is 0.151 e. The van der Waals surface area contributed by atoms with Crippen LogP contribution in [0.3, 0.4) is 0 Å². The van der Waals surface area contributed by atoms with Crippen molar-refractivity contribution < 1.29 is 9.90 Å². The van der Waals surface area contributed by atoms with Crippen LogP contribution < -0.4 is 5.73 Å². The average molecular weight is 168 g/mol. The van der Waals surface area contributed by atoms with Gasteiger partial charge in [0.05, 0.1) is 0 Å². The summed E-state index contributed by atoms with van der Waals surface area (Å²) in [5, 5.41) is 9.36. The van der Waals surface area contributed by atoms with Crippen LogP contribution in [0.2, 0.25) is 0 Å². The largest absolute Gasteiger partial charge is 0.386 e. The highest BCUT2D eigenvalue weighted by molar-refractivity contribution is 5.74. The van der Waals surface area contributed by atoms with Gasteiger partial charge in [0.25, 0.3) is 0 Å². The SMILES string of the molecule is Cn1cc(C=O)cc1C(O)CN. The van der Waals surface area contributed by atoms with Crippen LogP contribution in [0.25, 0.3) is 0 Å². The van der Waals surface area contributed by atoms with E-state index in [0.29, 0.717) is 11.3 Å². The van der Waals surface area contributed by atoms with Gasteiger partial charge in [0.2, 0.25) is 0 Å². The molecule has 0 aliphatic rings. The average Bonchev–Trinajstić information content (AvgIpc) is 2.45. The maximum atomic E-state index is 10.4. The van der Waals surface area contributed by atoms with Crippen molar-refractivity contribution in [2.24, 2.45) is 12.8 Å². The Balaban J connectivity index is 2.98. The van der Waals surface area contributed by atoms with Crippen molar-refractivity contribution in [1.29, 1.82) is 0 Å². The first-order valence-electron chi connectivity index (χ1n) is 3.68. The number of aliphatic hydroxyl groups is 1. The normalized spacial score (nSPS) is 12.9. The fourth-order valence-corrected chi connectivity index (χ4v) is 1.12. The minimum Gasteiger partial charge on any atom is -0.386 e. The summed E-state index contributed by atoms with van der Waals surface area (Å²) in [5.74, 6) is 0. The highest BCUT2D eigenvalue weighted by Crippen LogP contribution is 2.13. The van der Waals surface area contributed by atoms with Crippen LogP contribution in [-0.4, -0.2) is 22.5 Å². The minimum atomic E-state index is -0.691. The van der Waals surface area contributed by atoms with Gasteiger partial charge in [-0.05, 0) is 6.07 Å². The fraction of sp³-hybridized carbons (Fsp3) is 0.375. The summed E-state index contributed by atoms with van der Waals surface area (Å²) in [5.41, 5.74) is 6.49. The van der Waals surface area contributed by atoms with Gasteiger partial charge in [-0.1, -0.05) is 0 Å². The van der Waals surface area contributed by atoms with E-state index in [2.05, 4.69) is 0 Å². The number of aryl methyl sites for hydroxylation is 1. The molecule has 0 aliphatic carbocycles. The molecule has 1 aromatic heterocycles. The van der Waals surface area contributed by atoms with Gasteiger partial charge in [-0.2, -0.15) is 0 Å². The third-order valence-corrected chi connectivity index (χ3v) is 1.77. The minimum absolute atomic E-state index is 0.163. The highest BCUT2D eigenvalue weighted by Gasteiger charge is 2.10. The smallest absolute Gasteiger partial charge is 0.151 e. The van der Waals surface area contributed by atoms with Gasteiger partial charge in [-0.15, -0.1) is 0 Å². The Morgan fingerprint density at radius 1 is 1.83 bits per heavy atom. The lowest BCUT2D eigenvalue weighted by atomic mass is 10.2. The van der Waals surface area contributed by atoms with Gasteiger partial charge in [-0.3, -0.25) is 4.79 Å². The Morgan fingerprint density at radius 2 is 2.50 bits per heavy atom. The molecule has 0 amide bonds. The van der Waals surface area contributed by atoms with Gasteiger partial charge in [0, 0.05) is 31.0 Å². The molecule has 1 heterocycles. The molecule has 66 valence electrons.